The number of amides is 3. The number of carbonyl (C=O) groups is 3. The summed E-state index contributed by atoms with van der Waals surface area (Å²) in [5.74, 6) is -0.733. The lowest BCUT2D eigenvalue weighted by molar-refractivity contribution is -0.115. The molecule has 3 N–H and O–H groups in total. The maximum atomic E-state index is 12.9. The van der Waals surface area contributed by atoms with Crippen LogP contribution in [-0.2, 0) is 9.53 Å². The highest BCUT2D eigenvalue weighted by molar-refractivity contribution is 6.14. The van der Waals surface area contributed by atoms with Gasteiger partial charge in [0.2, 0.25) is 5.91 Å². The van der Waals surface area contributed by atoms with Crippen molar-refractivity contribution in [3.63, 3.8) is 0 Å². The van der Waals surface area contributed by atoms with Gasteiger partial charge in [0.25, 0.3) is 5.91 Å². The quantitative estimate of drug-likeness (QED) is 0.565. The van der Waals surface area contributed by atoms with Crippen LogP contribution in [0, 0.1) is 0 Å². The Morgan fingerprint density at radius 2 is 1.42 bits per heavy atom. The van der Waals surface area contributed by atoms with Crippen molar-refractivity contribution < 1.29 is 19.1 Å². The average Bonchev–Trinajstić information content (AvgIpc) is 2.72. The Morgan fingerprint density at radius 1 is 0.806 bits per heavy atom. The molecule has 0 spiro atoms. The molecule has 160 valence electrons. The first-order valence-corrected chi connectivity index (χ1v) is 9.88. The monoisotopic (exact) mass is 419 g/mol. The number of hydrogen-bond donors (Lipinski definition) is 3. The molecule has 3 aromatic rings. The van der Waals surface area contributed by atoms with Gasteiger partial charge in [0.05, 0.1) is 11.4 Å². The molecule has 0 radical (unpaired) electrons. The van der Waals surface area contributed by atoms with Crippen LogP contribution in [0.3, 0.4) is 0 Å². The van der Waals surface area contributed by atoms with E-state index >= 15 is 0 Å². The van der Waals surface area contributed by atoms with Crippen LogP contribution < -0.4 is 16.0 Å². The maximum Gasteiger partial charge on any atom is 0.408 e. The van der Waals surface area contributed by atoms with E-state index in [0.29, 0.717) is 16.9 Å². The summed E-state index contributed by atoms with van der Waals surface area (Å²) < 4.78 is 5.11. The van der Waals surface area contributed by atoms with E-state index in [4.69, 9.17) is 4.74 Å². The van der Waals surface area contributed by atoms with Gasteiger partial charge in [-0.15, -0.1) is 0 Å². The Morgan fingerprint density at radius 3 is 2.13 bits per heavy atom. The van der Waals surface area contributed by atoms with Crippen LogP contribution in [0.15, 0.2) is 66.7 Å². The van der Waals surface area contributed by atoms with Gasteiger partial charge in [0.1, 0.15) is 12.1 Å². The number of benzene rings is 3. The van der Waals surface area contributed by atoms with Gasteiger partial charge in [-0.3, -0.25) is 9.59 Å². The lowest BCUT2D eigenvalue weighted by Gasteiger charge is -2.19. The number of para-hydroxylation sites is 2. The molecule has 0 aliphatic rings. The summed E-state index contributed by atoms with van der Waals surface area (Å²) in [7, 11) is 0. The van der Waals surface area contributed by atoms with E-state index in [9.17, 15) is 14.4 Å². The van der Waals surface area contributed by atoms with E-state index < -0.39 is 17.6 Å². The summed E-state index contributed by atoms with van der Waals surface area (Å²) in [6.07, 6.45) is -0.680. The van der Waals surface area contributed by atoms with E-state index in [1.165, 1.54) is 0 Å². The topological polar surface area (TPSA) is 96.5 Å². The average molecular weight is 419 g/mol. The molecule has 0 bridgehead atoms. The van der Waals surface area contributed by atoms with Crippen molar-refractivity contribution in [3.05, 3.63) is 72.3 Å². The molecule has 0 fully saturated rings. The van der Waals surface area contributed by atoms with Crippen molar-refractivity contribution in [1.29, 1.82) is 0 Å². The Kier molecular flexibility index (Phi) is 6.55. The summed E-state index contributed by atoms with van der Waals surface area (Å²) in [6, 6.07) is 20.0. The van der Waals surface area contributed by atoms with Crippen LogP contribution in [0.4, 0.5) is 16.2 Å². The van der Waals surface area contributed by atoms with E-state index in [2.05, 4.69) is 16.0 Å². The van der Waals surface area contributed by atoms with Crippen molar-refractivity contribution in [2.45, 2.75) is 26.4 Å². The number of fused-ring (bicyclic) bond motifs is 1. The summed E-state index contributed by atoms with van der Waals surface area (Å²) in [4.78, 5) is 36.9. The fourth-order valence-electron chi connectivity index (χ4n) is 2.98. The van der Waals surface area contributed by atoms with Gasteiger partial charge in [-0.2, -0.15) is 0 Å². The van der Waals surface area contributed by atoms with Crippen molar-refractivity contribution in [2.75, 3.05) is 17.2 Å². The smallest absolute Gasteiger partial charge is 0.408 e. The summed E-state index contributed by atoms with van der Waals surface area (Å²) in [6.45, 7) is 4.95. The third-order valence-corrected chi connectivity index (χ3v) is 4.28. The van der Waals surface area contributed by atoms with Gasteiger partial charge >= 0.3 is 6.09 Å². The van der Waals surface area contributed by atoms with Crippen LogP contribution in [-0.4, -0.2) is 30.1 Å². The highest BCUT2D eigenvalue weighted by Gasteiger charge is 2.17. The lowest BCUT2D eigenvalue weighted by Crippen LogP contribution is -2.37. The largest absolute Gasteiger partial charge is 0.444 e. The Hall–Kier alpha value is -3.87. The molecule has 7 nitrogen and oxygen atoms in total. The Balaban J connectivity index is 1.68. The zero-order valence-electron chi connectivity index (χ0n) is 17.7. The number of hydrogen-bond acceptors (Lipinski definition) is 4. The van der Waals surface area contributed by atoms with Crippen LogP contribution in [0.5, 0.6) is 0 Å². The standard InChI is InChI=1S/C24H25N3O4/c1-24(2,3)31-23(30)25-15-21(28)26-19-13-6-7-14-20(19)27-22(29)18-12-8-10-16-9-4-5-11-17(16)18/h4-14H,15H2,1-3H3,(H,25,30)(H,26,28)(H,27,29). The number of rotatable bonds is 5. The zero-order chi connectivity index (χ0) is 22.4. The normalized spacial score (nSPS) is 10.9. The molecule has 3 rings (SSSR count). The highest BCUT2D eigenvalue weighted by atomic mass is 16.6. The SMILES string of the molecule is CC(C)(C)OC(=O)NCC(=O)Nc1ccccc1NC(=O)c1cccc2ccccc12. The molecule has 0 saturated heterocycles. The maximum absolute atomic E-state index is 12.9. The molecule has 0 atom stereocenters. The summed E-state index contributed by atoms with van der Waals surface area (Å²) in [5.41, 5.74) is 0.753. The minimum atomic E-state index is -0.680. The number of nitrogens with one attached hydrogen (secondary N) is 3. The molecule has 0 aliphatic carbocycles. The van der Waals surface area contributed by atoms with E-state index in [1.807, 2.05) is 36.4 Å². The van der Waals surface area contributed by atoms with Gasteiger partial charge in [0, 0.05) is 5.56 Å². The minimum Gasteiger partial charge on any atom is -0.444 e. The first kappa shape index (κ1) is 21.8. The number of alkyl carbamates (subject to hydrolysis) is 1. The van der Waals surface area contributed by atoms with E-state index in [1.54, 1.807) is 51.1 Å². The van der Waals surface area contributed by atoms with E-state index in [0.717, 1.165) is 10.8 Å². The molecule has 0 aromatic heterocycles. The summed E-state index contributed by atoms with van der Waals surface area (Å²) in [5, 5.41) is 9.76. The van der Waals surface area contributed by atoms with Crippen molar-refractivity contribution in [3.8, 4) is 0 Å². The fourth-order valence-corrected chi connectivity index (χ4v) is 2.98. The van der Waals surface area contributed by atoms with Gasteiger partial charge in [-0.05, 0) is 49.7 Å². The molecule has 31 heavy (non-hydrogen) atoms. The van der Waals surface area contributed by atoms with Gasteiger partial charge in [0.15, 0.2) is 0 Å². The van der Waals surface area contributed by atoms with Crippen LogP contribution >= 0.6 is 0 Å². The molecule has 0 saturated carbocycles. The van der Waals surface area contributed by atoms with Gasteiger partial charge in [-0.25, -0.2) is 4.79 Å². The number of carbonyl (C=O) groups excluding carboxylic acids is 3. The molecule has 3 aromatic carbocycles. The molecular formula is C24H25N3O4. The first-order valence-electron chi connectivity index (χ1n) is 9.88. The Labute approximate surface area is 180 Å². The zero-order valence-corrected chi connectivity index (χ0v) is 17.7. The molecule has 7 heteroatoms. The predicted molar refractivity (Wildman–Crippen MR) is 121 cm³/mol. The van der Waals surface area contributed by atoms with Crippen molar-refractivity contribution in [1.82, 2.24) is 5.32 Å². The number of anilines is 2. The van der Waals surface area contributed by atoms with Crippen LogP contribution in [0.2, 0.25) is 0 Å². The molecule has 0 heterocycles. The Bertz CT molecular complexity index is 1110. The fraction of sp³-hybridized carbons (Fsp3) is 0.208. The molecule has 3 amide bonds. The van der Waals surface area contributed by atoms with Crippen LogP contribution in [0.25, 0.3) is 10.8 Å². The predicted octanol–water partition coefficient (Wildman–Crippen LogP) is 4.56. The second kappa shape index (κ2) is 9.30. The second-order valence-electron chi connectivity index (χ2n) is 7.93. The highest BCUT2D eigenvalue weighted by Crippen LogP contribution is 2.24. The summed E-state index contributed by atoms with van der Waals surface area (Å²) >= 11 is 0. The molecule has 0 unspecified atom stereocenters. The first-order chi connectivity index (χ1) is 14.7. The lowest BCUT2D eigenvalue weighted by atomic mass is 10.0. The van der Waals surface area contributed by atoms with E-state index in [-0.39, 0.29) is 12.5 Å². The van der Waals surface area contributed by atoms with Crippen molar-refractivity contribution in [2.24, 2.45) is 0 Å². The molecule has 0 aliphatic heterocycles. The second-order valence-corrected chi connectivity index (χ2v) is 7.93. The third-order valence-electron chi connectivity index (χ3n) is 4.28. The van der Waals surface area contributed by atoms with Gasteiger partial charge in [-0.1, -0.05) is 48.5 Å². The molecular weight excluding hydrogens is 394 g/mol. The number of ether oxygens (including phenoxy) is 1. The van der Waals surface area contributed by atoms with Crippen LogP contribution in [0.1, 0.15) is 31.1 Å². The van der Waals surface area contributed by atoms with Crippen molar-refractivity contribution >= 4 is 40.1 Å². The third kappa shape index (κ3) is 6.05. The minimum absolute atomic E-state index is 0.263. The van der Waals surface area contributed by atoms with Gasteiger partial charge < -0.3 is 20.7 Å².